The average Bonchev–Trinajstić information content (AvgIpc) is 3.26. The third-order valence-corrected chi connectivity index (χ3v) is 4.01. The molecule has 0 aliphatic carbocycles. The summed E-state index contributed by atoms with van der Waals surface area (Å²) in [5.74, 6) is 0.306. The fourth-order valence-electron chi connectivity index (χ4n) is 1.99. The Labute approximate surface area is 136 Å². The van der Waals surface area contributed by atoms with E-state index in [1.807, 2.05) is 41.8 Å². The third kappa shape index (κ3) is 3.46. The van der Waals surface area contributed by atoms with E-state index >= 15 is 0 Å². The summed E-state index contributed by atoms with van der Waals surface area (Å²) in [4.78, 5) is 13.1. The molecule has 0 bridgehead atoms. The molecule has 6 nitrogen and oxygen atoms in total. The van der Waals surface area contributed by atoms with Crippen LogP contribution >= 0.6 is 11.3 Å². The number of ether oxygens (including phenoxy) is 1. The molecule has 1 amide bonds. The highest BCUT2D eigenvalue weighted by atomic mass is 32.1. The molecule has 2 N–H and O–H groups in total. The van der Waals surface area contributed by atoms with Crippen molar-refractivity contribution in [2.45, 2.75) is 0 Å². The van der Waals surface area contributed by atoms with Gasteiger partial charge in [-0.1, -0.05) is 18.2 Å². The van der Waals surface area contributed by atoms with Crippen LogP contribution in [0, 0.1) is 0 Å². The van der Waals surface area contributed by atoms with E-state index in [0.717, 1.165) is 16.1 Å². The molecule has 0 unspecified atom stereocenters. The number of amides is 1. The summed E-state index contributed by atoms with van der Waals surface area (Å²) >= 11 is 1.57. The van der Waals surface area contributed by atoms with Gasteiger partial charge in [0, 0.05) is 5.56 Å². The maximum absolute atomic E-state index is 12.0. The van der Waals surface area contributed by atoms with E-state index in [9.17, 15) is 4.79 Å². The summed E-state index contributed by atoms with van der Waals surface area (Å²) in [6, 6.07) is 13.0. The second-order valence-electron chi connectivity index (χ2n) is 4.59. The van der Waals surface area contributed by atoms with E-state index in [-0.39, 0.29) is 11.6 Å². The molecule has 2 aromatic heterocycles. The van der Waals surface area contributed by atoms with Gasteiger partial charge < -0.3 is 4.74 Å². The van der Waals surface area contributed by atoms with Crippen molar-refractivity contribution in [3.8, 4) is 16.3 Å². The normalized spacial score (nSPS) is 10.8. The summed E-state index contributed by atoms with van der Waals surface area (Å²) < 4.78 is 5.21. The summed E-state index contributed by atoms with van der Waals surface area (Å²) in [5, 5.41) is 12.8. The van der Waals surface area contributed by atoms with E-state index in [1.165, 1.54) is 6.21 Å². The predicted octanol–water partition coefficient (Wildman–Crippen LogP) is 2.91. The van der Waals surface area contributed by atoms with Crippen molar-refractivity contribution < 1.29 is 9.53 Å². The number of methoxy groups -OCH3 is 1. The predicted molar refractivity (Wildman–Crippen MR) is 90.0 cm³/mol. The summed E-state index contributed by atoms with van der Waals surface area (Å²) in [5.41, 5.74) is 4.32. The Morgan fingerprint density at radius 3 is 3.00 bits per heavy atom. The van der Waals surface area contributed by atoms with Gasteiger partial charge in [0.1, 0.15) is 5.75 Å². The second kappa shape index (κ2) is 6.89. The van der Waals surface area contributed by atoms with Crippen molar-refractivity contribution in [3.05, 3.63) is 59.1 Å². The van der Waals surface area contributed by atoms with Gasteiger partial charge in [0.2, 0.25) is 0 Å². The first kappa shape index (κ1) is 15.0. The van der Waals surface area contributed by atoms with Gasteiger partial charge in [0.05, 0.1) is 23.9 Å². The molecule has 7 heteroatoms. The number of hydrogen-bond donors (Lipinski definition) is 2. The van der Waals surface area contributed by atoms with Crippen LogP contribution in [0.5, 0.6) is 5.75 Å². The first-order chi connectivity index (χ1) is 11.3. The minimum absolute atomic E-state index is 0.283. The number of hydrazone groups is 1. The lowest BCUT2D eigenvalue weighted by molar-refractivity contribution is 0.0950. The van der Waals surface area contributed by atoms with Gasteiger partial charge in [0.25, 0.3) is 5.91 Å². The number of carbonyl (C=O) groups is 1. The maximum Gasteiger partial charge on any atom is 0.291 e. The molecular formula is C16H14N4O2S. The van der Waals surface area contributed by atoms with Gasteiger partial charge in [-0.25, -0.2) is 5.43 Å². The van der Waals surface area contributed by atoms with Crippen molar-refractivity contribution >= 4 is 23.5 Å². The minimum atomic E-state index is -0.379. The van der Waals surface area contributed by atoms with Crippen LogP contribution in [0.2, 0.25) is 0 Å². The zero-order chi connectivity index (χ0) is 16.1. The van der Waals surface area contributed by atoms with E-state index in [1.54, 1.807) is 24.5 Å². The van der Waals surface area contributed by atoms with Crippen LogP contribution in [-0.2, 0) is 0 Å². The lowest BCUT2D eigenvalue weighted by Crippen LogP contribution is -2.18. The Kier molecular flexibility index (Phi) is 4.49. The average molecular weight is 326 g/mol. The van der Waals surface area contributed by atoms with E-state index in [2.05, 4.69) is 20.7 Å². The number of rotatable bonds is 5. The quantitative estimate of drug-likeness (QED) is 0.559. The number of aromatic amines is 1. The molecule has 0 aliphatic rings. The van der Waals surface area contributed by atoms with Crippen LogP contribution in [0.4, 0.5) is 0 Å². The fourth-order valence-corrected chi connectivity index (χ4v) is 2.68. The molecule has 3 rings (SSSR count). The topological polar surface area (TPSA) is 79.4 Å². The number of thiophene rings is 1. The van der Waals surface area contributed by atoms with Gasteiger partial charge >= 0.3 is 0 Å². The molecule has 0 radical (unpaired) electrons. The number of aromatic nitrogens is 2. The van der Waals surface area contributed by atoms with Crippen molar-refractivity contribution in [3.63, 3.8) is 0 Å². The van der Waals surface area contributed by atoms with Gasteiger partial charge in [0.15, 0.2) is 5.69 Å². The number of para-hydroxylation sites is 1. The highest BCUT2D eigenvalue weighted by Gasteiger charge is 2.11. The van der Waals surface area contributed by atoms with Crippen LogP contribution in [0.1, 0.15) is 16.1 Å². The number of nitrogens with zero attached hydrogens (tertiary/aromatic N) is 2. The van der Waals surface area contributed by atoms with Crippen LogP contribution in [0.15, 0.2) is 52.9 Å². The van der Waals surface area contributed by atoms with E-state index in [4.69, 9.17) is 4.74 Å². The third-order valence-electron chi connectivity index (χ3n) is 3.11. The Morgan fingerprint density at radius 1 is 1.35 bits per heavy atom. The molecule has 116 valence electrons. The first-order valence-corrected chi connectivity index (χ1v) is 7.71. The smallest absolute Gasteiger partial charge is 0.291 e. The Bertz CT molecular complexity index is 824. The zero-order valence-electron chi connectivity index (χ0n) is 12.3. The van der Waals surface area contributed by atoms with Crippen LogP contribution in [-0.4, -0.2) is 29.4 Å². The van der Waals surface area contributed by atoms with Gasteiger partial charge in [-0.15, -0.1) is 11.3 Å². The molecule has 3 aromatic rings. The molecular weight excluding hydrogens is 312 g/mol. The van der Waals surface area contributed by atoms with Crippen LogP contribution in [0.3, 0.4) is 0 Å². The standard InChI is InChI=1S/C16H14N4O2S/c1-22-14-6-3-2-5-11(14)10-17-20-16(21)13-9-12(18-19-13)15-7-4-8-23-15/h2-10H,1H3,(H,18,19)(H,20,21). The first-order valence-electron chi connectivity index (χ1n) is 6.83. The molecule has 0 atom stereocenters. The number of benzene rings is 1. The number of carbonyl (C=O) groups excluding carboxylic acids is 1. The Morgan fingerprint density at radius 2 is 2.22 bits per heavy atom. The molecule has 0 fully saturated rings. The number of H-pyrrole nitrogens is 1. The summed E-state index contributed by atoms with van der Waals surface area (Å²) in [7, 11) is 1.58. The maximum atomic E-state index is 12.0. The molecule has 23 heavy (non-hydrogen) atoms. The highest BCUT2D eigenvalue weighted by molar-refractivity contribution is 7.13. The lowest BCUT2D eigenvalue weighted by Gasteiger charge is -2.02. The Balaban J connectivity index is 1.67. The summed E-state index contributed by atoms with van der Waals surface area (Å²) in [6.45, 7) is 0. The second-order valence-corrected chi connectivity index (χ2v) is 5.53. The minimum Gasteiger partial charge on any atom is -0.496 e. The van der Waals surface area contributed by atoms with Crippen LogP contribution in [0.25, 0.3) is 10.6 Å². The van der Waals surface area contributed by atoms with Crippen molar-refractivity contribution in [1.29, 1.82) is 0 Å². The lowest BCUT2D eigenvalue weighted by atomic mass is 10.2. The number of nitrogens with one attached hydrogen (secondary N) is 2. The molecule has 0 spiro atoms. The largest absolute Gasteiger partial charge is 0.496 e. The fraction of sp³-hybridized carbons (Fsp3) is 0.0625. The monoisotopic (exact) mass is 326 g/mol. The molecule has 1 aromatic carbocycles. The molecule has 0 saturated carbocycles. The highest BCUT2D eigenvalue weighted by Crippen LogP contribution is 2.22. The zero-order valence-corrected chi connectivity index (χ0v) is 13.1. The van der Waals surface area contributed by atoms with E-state index in [0.29, 0.717) is 5.75 Å². The van der Waals surface area contributed by atoms with Gasteiger partial charge in [-0.3, -0.25) is 9.89 Å². The molecule has 2 heterocycles. The van der Waals surface area contributed by atoms with Crippen molar-refractivity contribution in [1.82, 2.24) is 15.6 Å². The van der Waals surface area contributed by atoms with E-state index < -0.39 is 0 Å². The number of hydrogen-bond acceptors (Lipinski definition) is 5. The SMILES string of the molecule is COc1ccccc1C=NNC(=O)c1cc(-c2cccs2)[nH]n1. The van der Waals surface area contributed by atoms with Gasteiger partial charge in [-0.2, -0.15) is 10.2 Å². The van der Waals surface area contributed by atoms with Gasteiger partial charge in [-0.05, 0) is 29.6 Å². The molecule has 0 aliphatic heterocycles. The van der Waals surface area contributed by atoms with Crippen molar-refractivity contribution in [2.24, 2.45) is 5.10 Å². The van der Waals surface area contributed by atoms with Crippen LogP contribution < -0.4 is 10.2 Å². The van der Waals surface area contributed by atoms with Crippen molar-refractivity contribution in [2.75, 3.05) is 7.11 Å². The Hall–Kier alpha value is -2.93. The molecule has 0 saturated heterocycles. The summed E-state index contributed by atoms with van der Waals surface area (Å²) in [6.07, 6.45) is 1.53.